The summed E-state index contributed by atoms with van der Waals surface area (Å²) in [6, 6.07) is 8.52. The zero-order chi connectivity index (χ0) is 17.3. The number of halogens is 3. The van der Waals surface area contributed by atoms with Gasteiger partial charge in [0, 0.05) is 10.2 Å². The molecule has 2 aromatic carbocycles. The highest BCUT2D eigenvalue weighted by molar-refractivity contribution is 6.08. The number of rotatable bonds is 3. The molecule has 0 bridgehead atoms. The zero-order valence-electron chi connectivity index (χ0n) is 14.2. The normalized spacial score (nSPS) is 21.2. The highest BCUT2D eigenvalue weighted by Gasteiger charge is 2.24. The van der Waals surface area contributed by atoms with E-state index in [1.54, 1.807) is 19.1 Å². The van der Waals surface area contributed by atoms with Crippen LogP contribution >= 0.6 is 0 Å². The van der Waals surface area contributed by atoms with Crippen molar-refractivity contribution >= 4 is 10.2 Å². The van der Waals surface area contributed by atoms with Crippen molar-refractivity contribution < 1.29 is 13.2 Å². The Morgan fingerprint density at radius 2 is 1.54 bits per heavy atom. The molecule has 0 spiro atoms. The van der Waals surface area contributed by atoms with Gasteiger partial charge in [-0.1, -0.05) is 31.0 Å². The van der Waals surface area contributed by atoms with Crippen LogP contribution in [0.3, 0.4) is 0 Å². The Kier molecular flexibility index (Phi) is 5.14. The minimum Gasteiger partial charge on any atom is -0.207 e. The van der Waals surface area contributed by atoms with E-state index in [1.807, 2.05) is 0 Å². The van der Waals surface area contributed by atoms with Crippen LogP contribution in [0.1, 0.15) is 42.7 Å². The molecule has 0 atom stereocenters. The monoisotopic (exact) mass is 348 g/mol. The summed E-state index contributed by atoms with van der Waals surface area (Å²) in [5, 5.41) is 0. The van der Waals surface area contributed by atoms with Crippen LogP contribution in [0.5, 0.6) is 0 Å². The molecule has 24 heavy (non-hydrogen) atoms. The van der Waals surface area contributed by atoms with Crippen LogP contribution < -0.4 is 0 Å². The van der Waals surface area contributed by atoms with Crippen molar-refractivity contribution in [1.29, 1.82) is 0 Å². The molecule has 1 aliphatic carbocycles. The van der Waals surface area contributed by atoms with E-state index < -0.39 is 17.5 Å². The summed E-state index contributed by atoms with van der Waals surface area (Å²) < 4.78 is 42.9. The van der Waals surface area contributed by atoms with E-state index in [4.69, 9.17) is 0 Å². The van der Waals surface area contributed by atoms with Gasteiger partial charge in [0.15, 0.2) is 0 Å². The summed E-state index contributed by atoms with van der Waals surface area (Å²) in [4.78, 5) is 0. The van der Waals surface area contributed by atoms with Crippen molar-refractivity contribution in [2.45, 2.75) is 44.6 Å². The maximum absolute atomic E-state index is 14.6. The lowest BCUT2D eigenvalue weighted by Crippen LogP contribution is -2.13. The van der Waals surface area contributed by atoms with E-state index in [1.165, 1.54) is 34.5 Å². The van der Waals surface area contributed by atoms with Crippen LogP contribution in [0, 0.1) is 30.3 Å². The van der Waals surface area contributed by atoms with Gasteiger partial charge in [-0.15, -0.1) is 0 Å². The predicted molar refractivity (Wildman–Crippen MR) is 95.9 cm³/mol. The Bertz CT molecular complexity index is 711. The minimum atomic E-state index is -0.599. The third kappa shape index (κ3) is 3.43. The zero-order valence-corrected chi connectivity index (χ0v) is 16.2. The molecule has 128 valence electrons. The minimum absolute atomic E-state index is 0.133. The molecule has 0 saturated heterocycles. The van der Waals surface area contributed by atoms with Gasteiger partial charge in [0.2, 0.25) is 0 Å². The summed E-state index contributed by atoms with van der Waals surface area (Å²) in [5.74, 6) is -0.604. The Morgan fingerprint density at radius 1 is 0.917 bits per heavy atom. The maximum Gasteiger partial charge on any atom is 0.134 e. The molecule has 1 aliphatic rings. The molecule has 4 heteroatoms. The summed E-state index contributed by atoms with van der Waals surface area (Å²) in [6.45, 7) is 1.63. The summed E-state index contributed by atoms with van der Waals surface area (Å²) in [6.07, 6.45) is 4.32. The molecular formula is C20H23F3Si. The number of hydrogen-bond donors (Lipinski definition) is 0. The molecule has 0 aromatic heterocycles. The summed E-state index contributed by atoms with van der Waals surface area (Å²) >= 11 is 0. The first-order chi connectivity index (χ1) is 11.5. The maximum atomic E-state index is 14.6. The molecule has 0 N–H and O–H groups in total. The third-order valence-corrected chi connectivity index (χ3v) is 6.58. The van der Waals surface area contributed by atoms with Gasteiger partial charge >= 0.3 is 0 Å². The van der Waals surface area contributed by atoms with E-state index in [0.29, 0.717) is 5.56 Å². The summed E-state index contributed by atoms with van der Waals surface area (Å²) in [5.41, 5.74) is 1.32. The van der Waals surface area contributed by atoms with Crippen molar-refractivity contribution in [3.63, 3.8) is 0 Å². The number of hydrogen-bond acceptors (Lipinski definition) is 0. The first kappa shape index (κ1) is 17.3. The topological polar surface area (TPSA) is 0 Å². The van der Waals surface area contributed by atoms with E-state index in [9.17, 15) is 13.2 Å². The Morgan fingerprint density at radius 3 is 2.08 bits per heavy atom. The highest BCUT2D eigenvalue weighted by Crippen LogP contribution is 2.39. The van der Waals surface area contributed by atoms with E-state index in [0.717, 1.165) is 37.2 Å². The second-order valence-corrected chi connectivity index (χ2v) is 7.77. The first-order valence-corrected chi connectivity index (χ1v) is 10.2. The van der Waals surface area contributed by atoms with Crippen molar-refractivity contribution in [2.24, 2.45) is 5.92 Å². The lowest BCUT2D eigenvalue weighted by atomic mass is 9.79. The van der Waals surface area contributed by atoms with Crippen molar-refractivity contribution in [1.82, 2.24) is 0 Å². The first-order valence-electron chi connectivity index (χ1n) is 8.75. The quantitative estimate of drug-likeness (QED) is 0.674. The van der Waals surface area contributed by atoms with Gasteiger partial charge in [-0.25, -0.2) is 13.2 Å². The molecule has 0 aliphatic heterocycles. The molecule has 0 unspecified atom stereocenters. The second kappa shape index (κ2) is 7.14. The van der Waals surface area contributed by atoms with Gasteiger partial charge in [-0.05, 0) is 66.5 Å². The van der Waals surface area contributed by atoms with Gasteiger partial charge in [0.1, 0.15) is 17.5 Å². The van der Waals surface area contributed by atoms with Gasteiger partial charge < -0.3 is 0 Å². The van der Waals surface area contributed by atoms with Crippen LogP contribution in [-0.4, -0.2) is 10.2 Å². The molecule has 0 nitrogen and oxygen atoms in total. The van der Waals surface area contributed by atoms with Crippen LogP contribution in [0.25, 0.3) is 11.1 Å². The highest BCUT2D eigenvalue weighted by atomic mass is 28.1. The Hall–Kier alpha value is -1.55. The van der Waals surface area contributed by atoms with Gasteiger partial charge in [-0.3, -0.25) is 0 Å². The van der Waals surface area contributed by atoms with E-state index in [-0.39, 0.29) is 17.0 Å². The van der Waals surface area contributed by atoms with Crippen molar-refractivity contribution in [3.8, 4) is 11.1 Å². The lowest BCUT2D eigenvalue weighted by Gasteiger charge is -2.28. The number of aryl methyl sites for hydroxylation is 1. The predicted octanol–water partition coefficient (Wildman–Crippen LogP) is 5.14. The average molecular weight is 348 g/mol. The van der Waals surface area contributed by atoms with Crippen molar-refractivity contribution in [2.75, 3.05) is 0 Å². The lowest BCUT2D eigenvalue weighted by molar-refractivity contribution is 0.347. The fraction of sp³-hybridized carbons (Fsp3) is 0.400. The van der Waals surface area contributed by atoms with Crippen molar-refractivity contribution in [3.05, 3.63) is 58.9 Å². The molecule has 2 aromatic rings. The number of benzene rings is 2. The van der Waals surface area contributed by atoms with Gasteiger partial charge in [-0.2, -0.15) is 0 Å². The molecular weight excluding hydrogens is 325 g/mol. The van der Waals surface area contributed by atoms with Gasteiger partial charge in [0.25, 0.3) is 0 Å². The fourth-order valence-electron chi connectivity index (χ4n) is 3.76. The SMILES string of the molecule is Cc1ccc(-c2c(F)cc(C3CCC(C[SiH3])CC3)cc2F)cc1F. The van der Waals surface area contributed by atoms with Crippen LogP contribution in [-0.2, 0) is 0 Å². The molecule has 0 radical (unpaired) electrons. The molecule has 1 saturated carbocycles. The standard InChI is InChI=1S/C20H23F3Si/c1-12-2-5-15(8-17(12)21)20-18(22)9-16(10-19(20)23)14-6-3-13(11-24)4-7-14/h2,5,8-10,13-14H,3-4,6-7,11H2,1,24H3. The Balaban J connectivity index is 1.90. The molecule has 0 heterocycles. The van der Waals surface area contributed by atoms with Crippen LogP contribution in [0.2, 0.25) is 6.04 Å². The van der Waals surface area contributed by atoms with Crippen LogP contribution in [0.15, 0.2) is 30.3 Å². The molecule has 3 rings (SSSR count). The molecule has 1 fully saturated rings. The largest absolute Gasteiger partial charge is 0.207 e. The van der Waals surface area contributed by atoms with E-state index >= 15 is 0 Å². The summed E-state index contributed by atoms with van der Waals surface area (Å²) in [7, 11) is 1.22. The Labute approximate surface area is 144 Å². The average Bonchev–Trinajstić information content (AvgIpc) is 2.57. The second-order valence-electron chi connectivity index (χ2n) is 6.95. The fourth-order valence-corrected chi connectivity index (χ4v) is 4.57. The molecule has 0 amide bonds. The van der Waals surface area contributed by atoms with E-state index in [2.05, 4.69) is 0 Å². The smallest absolute Gasteiger partial charge is 0.134 e. The van der Waals surface area contributed by atoms with Gasteiger partial charge in [0.05, 0.1) is 5.56 Å². The third-order valence-electron chi connectivity index (χ3n) is 5.42. The van der Waals surface area contributed by atoms with Crippen LogP contribution in [0.4, 0.5) is 13.2 Å².